The molecule has 1 N–H and O–H groups in total. The standard InChI is InChI=1S/C17H26N2O4/c1-17(2,3)23-16(21)19-7-5-6-12(10-19)13-8-14(11-20)15(22-4)18-9-13/h8-9,12,20H,5-7,10-11H2,1-4H3. The quantitative estimate of drug-likeness (QED) is 0.926. The van der Waals surface area contributed by atoms with Crippen LogP contribution in [0.3, 0.4) is 0 Å². The molecule has 1 fully saturated rings. The average molecular weight is 322 g/mol. The van der Waals surface area contributed by atoms with E-state index in [0.29, 0.717) is 24.5 Å². The highest BCUT2D eigenvalue weighted by Crippen LogP contribution is 2.29. The molecule has 0 radical (unpaired) electrons. The summed E-state index contributed by atoms with van der Waals surface area (Å²) in [4.78, 5) is 18.3. The number of carbonyl (C=O) groups is 1. The van der Waals surface area contributed by atoms with E-state index < -0.39 is 5.60 Å². The lowest BCUT2D eigenvalue weighted by atomic mass is 9.91. The Labute approximate surface area is 137 Å². The summed E-state index contributed by atoms with van der Waals surface area (Å²) in [6, 6.07) is 1.91. The zero-order valence-corrected chi connectivity index (χ0v) is 14.3. The topological polar surface area (TPSA) is 71.9 Å². The summed E-state index contributed by atoms with van der Waals surface area (Å²) in [6.07, 6.45) is 3.40. The number of nitrogens with zero attached hydrogens (tertiary/aromatic N) is 2. The number of methoxy groups -OCH3 is 1. The Hall–Kier alpha value is -1.82. The maximum atomic E-state index is 12.2. The first-order chi connectivity index (χ1) is 10.8. The van der Waals surface area contributed by atoms with Gasteiger partial charge < -0.3 is 19.5 Å². The van der Waals surface area contributed by atoms with Crippen LogP contribution in [0.1, 0.15) is 50.7 Å². The number of hydrogen-bond donors (Lipinski definition) is 1. The van der Waals surface area contributed by atoms with Gasteiger partial charge in [-0.2, -0.15) is 0 Å². The second-order valence-electron chi connectivity index (χ2n) is 6.86. The molecule has 1 aromatic heterocycles. The highest BCUT2D eigenvalue weighted by Gasteiger charge is 2.28. The van der Waals surface area contributed by atoms with Gasteiger partial charge in [0, 0.05) is 30.8 Å². The highest BCUT2D eigenvalue weighted by atomic mass is 16.6. The first kappa shape index (κ1) is 17.5. The minimum Gasteiger partial charge on any atom is -0.481 e. The molecule has 0 bridgehead atoms. The summed E-state index contributed by atoms with van der Waals surface area (Å²) in [5.74, 6) is 0.635. The van der Waals surface area contributed by atoms with E-state index >= 15 is 0 Å². The second kappa shape index (κ2) is 7.17. The van der Waals surface area contributed by atoms with E-state index in [1.807, 2.05) is 26.8 Å². The molecule has 128 valence electrons. The first-order valence-electron chi connectivity index (χ1n) is 7.95. The number of amides is 1. The summed E-state index contributed by atoms with van der Waals surface area (Å²) in [5.41, 5.74) is 1.19. The van der Waals surface area contributed by atoms with Crippen molar-refractivity contribution in [2.75, 3.05) is 20.2 Å². The van der Waals surface area contributed by atoms with Crippen LogP contribution >= 0.6 is 0 Å². The molecular formula is C17H26N2O4. The third-order valence-corrected chi connectivity index (χ3v) is 3.85. The zero-order chi connectivity index (χ0) is 17.0. The minimum absolute atomic E-state index is 0.119. The molecule has 1 amide bonds. The fourth-order valence-electron chi connectivity index (χ4n) is 2.78. The van der Waals surface area contributed by atoms with Crippen LogP contribution in [0.5, 0.6) is 5.88 Å². The smallest absolute Gasteiger partial charge is 0.410 e. The number of aliphatic hydroxyl groups excluding tert-OH is 1. The average Bonchev–Trinajstić information content (AvgIpc) is 2.52. The van der Waals surface area contributed by atoms with Crippen molar-refractivity contribution < 1.29 is 19.4 Å². The van der Waals surface area contributed by atoms with Crippen molar-refractivity contribution in [3.05, 3.63) is 23.4 Å². The molecule has 2 rings (SSSR count). The summed E-state index contributed by atoms with van der Waals surface area (Å²) in [6.45, 7) is 6.80. The van der Waals surface area contributed by atoms with E-state index in [1.165, 1.54) is 7.11 Å². The largest absolute Gasteiger partial charge is 0.481 e. The monoisotopic (exact) mass is 322 g/mol. The molecule has 1 saturated heterocycles. The summed E-state index contributed by atoms with van der Waals surface area (Å²) in [5, 5.41) is 9.44. The summed E-state index contributed by atoms with van der Waals surface area (Å²) in [7, 11) is 1.53. The molecule has 0 saturated carbocycles. The number of hydrogen-bond acceptors (Lipinski definition) is 5. The molecule has 6 nitrogen and oxygen atoms in total. The van der Waals surface area contributed by atoms with Crippen LogP contribution in [0.2, 0.25) is 0 Å². The van der Waals surface area contributed by atoms with Crippen molar-refractivity contribution in [3.63, 3.8) is 0 Å². The molecule has 2 heterocycles. The van der Waals surface area contributed by atoms with Crippen molar-refractivity contribution >= 4 is 6.09 Å². The van der Waals surface area contributed by atoms with Crippen molar-refractivity contribution in [3.8, 4) is 5.88 Å². The molecule has 6 heteroatoms. The van der Waals surface area contributed by atoms with Crippen LogP contribution in [0.25, 0.3) is 0 Å². The molecular weight excluding hydrogens is 296 g/mol. The fourth-order valence-corrected chi connectivity index (χ4v) is 2.78. The number of rotatable bonds is 3. The molecule has 0 aliphatic carbocycles. The third kappa shape index (κ3) is 4.58. The van der Waals surface area contributed by atoms with E-state index in [1.54, 1.807) is 11.1 Å². The van der Waals surface area contributed by atoms with E-state index in [0.717, 1.165) is 18.4 Å². The van der Waals surface area contributed by atoms with Crippen molar-refractivity contribution in [1.82, 2.24) is 9.88 Å². The number of likely N-dealkylation sites (tertiary alicyclic amines) is 1. The number of pyridine rings is 1. The number of aromatic nitrogens is 1. The summed E-state index contributed by atoms with van der Waals surface area (Å²) < 4.78 is 10.6. The van der Waals surface area contributed by atoms with Gasteiger partial charge in [-0.3, -0.25) is 0 Å². The van der Waals surface area contributed by atoms with Crippen LogP contribution < -0.4 is 4.74 Å². The van der Waals surface area contributed by atoms with Gasteiger partial charge in [0.15, 0.2) is 0 Å². The van der Waals surface area contributed by atoms with Crippen LogP contribution in [0, 0.1) is 0 Å². The Morgan fingerprint density at radius 2 is 2.22 bits per heavy atom. The van der Waals surface area contributed by atoms with Gasteiger partial charge in [-0.1, -0.05) is 0 Å². The number of aliphatic hydroxyl groups is 1. The fraction of sp³-hybridized carbons (Fsp3) is 0.647. The molecule has 1 aliphatic rings. The molecule has 23 heavy (non-hydrogen) atoms. The predicted octanol–water partition coefficient (Wildman–Crippen LogP) is 2.70. The maximum absolute atomic E-state index is 12.2. The number of ether oxygens (including phenoxy) is 2. The van der Waals surface area contributed by atoms with Gasteiger partial charge in [0.1, 0.15) is 5.60 Å². The van der Waals surface area contributed by atoms with Crippen LogP contribution in [-0.2, 0) is 11.3 Å². The van der Waals surface area contributed by atoms with Gasteiger partial charge in [0.2, 0.25) is 5.88 Å². The number of piperidine rings is 1. The molecule has 0 spiro atoms. The molecule has 1 aromatic rings. The van der Waals surface area contributed by atoms with E-state index in [4.69, 9.17) is 9.47 Å². The normalized spacial score (nSPS) is 18.7. The first-order valence-corrected chi connectivity index (χ1v) is 7.95. The van der Waals surface area contributed by atoms with Crippen LogP contribution in [-0.4, -0.2) is 46.9 Å². The lowest BCUT2D eigenvalue weighted by Crippen LogP contribution is -2.42. The molecule has 1 atom stereocenters. The molecule has 1 aliphatic heterocycles. The van der Waals surface area contributed by atoms with E-state index in [2.05, 4.69) is 4.98 Å². The minimum atomic E-state index is -0.490. The van der Waals surface area contributed by atoms with E-state index in [-0.39, 0.29) is 18.6 Å². The Balaban J connectivity index is 2.10. The maximum Gasteiger partial charge on any atom is 0.410 e. The van der Waals surface area contributed by atoms with Gasteiger partial charge in [0.05, 0.1) is 13.7 Å². The van der Waals surface area contributed by atoms with Gasteiger partial charge >= 0.3 is 6.09 Å². The molecule has 1 unspecified atom stereocenters. The Kier molecular flexibility index (Phi) is 5.46. The lowest BCUT2D eigenvalue weighted by molar-refractivity contribution is 0.0198. The molecule has 0 aromatic carbocycles. The Morgan fingerprint density at radius 3 is 2.83 bits per heavy atom. The van der Waals surface area contributed by atoms with Crippen molar-refractivity contribution in [2.24, 2.45) is 0 Å². The van der Waals surface area contributed by atoms with Crippen molar-refractivity contribution in [2.45, 2.75) is 51.7 Å². The Morgan fingerprint density at radius 1 is 1.48 bits per heavy atom. The lowest BCUT2D eigenvalue weighted by Gasteiger charge is -2.34. The van der Waals surface area contributed by atoms with Gasteiger partial charge in [0.25, 0.3) is 0 Å². The zero-order valence-electron chi connectivity index (χ0n) is 14.3. The van der Waals surface area contributed by atoms with Gasteiger partial charge in [-0.15, -0.1) is 0 Å². The van der Waals surface area contributed by atoms with Gasteiger partial charge in [-0.05, 0) is 45.2 Å². The number of carbonyl (C=O) groups excluding carboxylic acids is 1. The van der Waals surface area contributed by atoms with Crippen LogP contribution in [0.15, 0.2) is 12.3 Å². The van der Waals surface area contributed by atoms with Crippen LogP contribution in [0.4, 0.5) is 4.79 Å². The van der Waals surface area contributed by atoms with E-state index in [9.17, 15) is 9.90 Å². The third-order valence-electron chi connectivity index (χ3n) is 3.85. The second-order valence-corrected chi connectivity index (χ2v) is 6.86. The summed E-state index contributed by atoms with van der Waals surface area (Å²) >= 11 is 0. The highest BCUT2D eigenvalue weighted by molar-refractivity contribution is 5.68. The van der Waals surface area contributed by atoms with Crippen molar-refractivity contribution in [1.29, 1.82) is 0 Å². The predicted molar refractivity (Wildman–Crippen MR) is 86.5 cm³/mol. The van der Waals surface area contributed by atoms with Gasteiger partial charge in [-0.25, -0.2) is 9.78 Å². The Bertz CT molecular complexity index is 554. The SMILES string of the molecule is COc1ncc(C2CCCN(C(=O)OC(C)(C)C)C2)cc1CO.